The third kappa shape index (κ3) is 7.84. The number of likely N-dealkylation sites (tertiary alicyclic amines) is 1. The monoisotopic (exact) mass is 425 g/mol. The minimum Gasteiger partial charge on any atom is -0.361 e. The number of amides is 2. The Balaban J connectivity index is 3.01. The molecule has 0 aliphatic carbocycles. The summed E-state index contributed by atoms with van der Waals surface area (Å²) in [5.74, 6) is 0.373. The first-order valence-electron chi connectivity index (χ1n) is 12.2. The molecule has 6 nitrogen and oxygen atoms in total. The van der Waals surface area contributed by atoms with Gasteiger partial charge in [-0.25, -0.2) is 0 Å². The van der Waals surface area contributed by atoms with E-state index in [9.17, 15) is 9.59 Å². The molecule has 1 fully saturated rings. The number of nitrogens with zero attached hydrogens (tertiary/aromatic N) is 2. The first kappa shape index (κ1) is 26.9. The number of rotatable bonds is 13. The van der Waals surface area contributed by atoms with Crippen molar-refractivity contribution in [1.82, 2.24) is 15.1 Å². The second-order valence-electron chi connectivity index (χ2n) is 9.28. The molecule has 4 unspecified atom stereocenters. The topological polar surface area (TPSA) is 61.9 Å². The lowest BCUT2D eigenvalue weighted by Gasteiger charge is -2.38. The lowest BCUT2D eigenvalue weighted by molar-refractivity contribution is -0.148. The number of hydrogen-bond acceptors (Lipinski definition) is 4. The number of likely N-dealkylation sites (N-methyl/N-ethyl adjacent to an activating group) is 1. The van der Waals surface area contributed by atoms with E-state index in [2.05, 4.69) is 51.8 Å². The largest absolute Gasteiger partial charge is 0.361 e. The Bertz CT molecular complexity index is 512. The summed E-state index contributed by atoms with van der Waals surface area (Å²) >= 11 is 0. The van der Waals surface area contributed by atoms with Gasteiger partial charge in [0.1, 0.15) is 12.8 Å². The summed E-state index contributed by atoms with van der Waals surface area (Å²) in [6.07, 6.45) is 6.80. The van der Waals surface area contributed by atoms with Crippen LogP contribution >= 0.6 is 0 Å². The molecule has 0 saturated carbocycles. The van der Waals surface area contributed by atoms with Gasteiger partial charge in [0.05, 0.1) is 6.04 Å². The Morgan fingerprint density at radius 3 is 2.37 bits per heavy atom. The normalized spacial score (nSPS) is 20.6. The molecule has 1 heterocycles. The number of nitrogens with one attached hydrogen (secondary N) is 1. The van der Waals surface area contributed by atoms with Crippen LogP contribution in [0.3, 0.4) is 0 Å². The molecule has 0 bridgehead atoms. The molecule has 0 aromatic carbocycles. The zero-order chi connectivity index (χ0) is 22.7. The standard InChI is InChI=1S/C24H47N3O3/c1-8-11-16-30-17-27(20(10-3)18(4)5)24(29)22(19(6)9-2)25-23(28)21-14-12-13-15-26(21)7/h18-22H,8-17H2,1-7H3,(H,25,28). The van der Waals surface area contributed by atoms with Crippen molar-refractivity contribution >= 4 is 11.8 Å². The highest BCUT2D eigenvalue weighted by atomic mass is 16.5. The molecule has 2 amide bonds. The van der Waals surface area contributed by atoms with E-state index < -0.39 is 6.04 Å². The molecule has 0 aromatic rings. The fourth-order valence-electron chi connectivity index (χ4n) is 4.30. The Kier molecular flexibility index (Phi) is 12.6. The van der Waals surface area contributed by atoms with Crippen molar-refractivity contribution in [2.75, 3.05) is 26.9 Å². The van der Waals surface area contributed by atoms with Crippen molar-refractivity contribution in [2.24, 2.45) is 11.8 Å². The summed E-state index contributed by atoms with van der Waals surface area (Å²) in [4.78, 5) is 30.8. The van der Waals surface area contributed by atoms with Gasteiger partial charge in [0.15, 0.2) is 0 Å². The Labute approximate surface area is 185 Å². The SMILES string of the molecule is CCCCOCN(C(=O)C(NC(=O)C1CCCCN1C)C(C)CC)C(CC)C(C)C. The Hall–Kier alpha value is -1.14. The highest BCUT2D eigenvalue weighted by Gasteiger charge is 2.36. The number of carbonyl (C=O) groups excluding carboxylic acids is 2. The van der Waals surface area contributed by atoms with Crippen LogP contribution in [-0.2, 0) is 14.3 Å². The van der Waals surface area contributed by atoms with E-state index in [1.165, 1.54) is 0 Å². The minimum atomic E-state index is -0.514. The van der Waals surface area contributed by atoms with Gasteiger partial charge >= 0.3 is 0 Å². The second kappa shape index (κ2) is 14.0. The Morgan fingerprint density at radius 1 is 1.13 bits per heavy atom. The second-order valence-corrected chi connectivity index (χ2v) is 9.28. The zero-order valence-electron chi connectivity index (χ0n) is 20.6. The van der Waals surface area contributed by atoms with Gasteiger partial charge in [-0.15, -0.1) is 0 Å². The van der Waals surface area contributed by atoms with Crippen LogP contribution in [0, 0.1) is 11.8 Å². The first-order chi connectivity index (χ1) is 14.3. The van der Waals surface area contributed by atoms with Crippen LogP contribution in [-0.4, -0.2) is 66.7 Å². The van der Waals surface area contributed by atoms with E-state index in [1.807, 2.05) is 11.9 Å². The average molecular weight is 426 g/mol. The number of hydrogen-bond donors (Lipinski definition) is 1. The highest BCUT2D eigenvalue weighted by Crippen LogP contribution is 2.21. The van der Waals surface area contributed by atoms with Crippen molar-refractivity contribution in [3.63, 3.8) is 0 Å². The van der Waals surface area contributed by atoms with Gasteiger partial charge in [-0.3, -0.25) is 14.5 Å². The van der Waals surface area contributed by atoms with E-state index in [0.717, 1.165) is 51.5 Å². The third-order valence-electron chi connectivity index (χ3n) is 6.59. The first-order valence-corrected chi connectivity index (χ1v) is 12.2. The fourth-order valence-corrected chi connectivity index (χ4v) is 4.30. The quantitative estimate of drug-likeness (QED) is 0.357. The summed E-state index contributed by atoms with van der Waals surface area (Å²) < 4.78 is 5.88. The van der Waals surface area contributed by atoms with Crippen molar-refractivity contribution in [3.05, 3.63) is 0 Å². The van der Waals surface area contributed by atoms with Crippen LogP contribution in [0.5, 0.6) is 0 Å². The van der Waals surface area contributed by atoms with E-state index >= 15 is 0 Å². The van der Waals surface area contributed by atoms with Gasteiger partial charge < -0.3 is 15.0 Å². The van der Waals surface area contributed by atoms with Crippen LogP contribution in [0.2, 0.25) is 0 Å². The maximum absolute atomic E-state index is 13.7. The number of piperidine rings is 1. The van der Waals surface area contributed by atoms with Gasteiger partial charge in [0, 0.05) is 12.6 Å². The van der Waals surface area contributed by atoms with E-state index in [0.29, 0.717) is 19.3 Å². The van der Waals surface area contributed by atoms with Gasteiger partial charge in [-0.1, -0.05) is 60.8 Å². The van der Waals surface area contributed by atoms with Crippen LogP contribution in [0.15, 0.2) is 0 Å². The predicted octanol–water partition coefficient (Wildman–Crippen LogP) is 4.04. The Morgan fingerprint density at radius 2 is 1.83 bits per heavy atom. The lowest BCUT2D eigenvalue weighted by Crippen LogP contribution is -2.58. The van der Waals surface area contributed by atoms with Gasteiger partial charge in [-0.2, -0.15) is 0 Å². The molecule has 1 rings (SSSR count). The van der Waals surface area contributed by atoms with Crippen LogP contribution in [0.4, 0.5) is 0 Å². The van der Waals surface area contributed by atoms with E-state index in [1.54, 1.807) is 0 Å². The molecule has 0 radical (unpaired) electrons. The van der Waals surface area contributed by atoms with Crippen LogP contribution in [0.25, 0.3) is 0 Å². The maximum Gasteiger partial charge on any atom is 0.247 e. The van der Waals surface area contributed by atoms with Crippen molar-refractivity contribution < 1.29 is 14.3 Å². The van der Waals surface area contributed by atoms with E-state index in [-0.39, 0.29) is 29.8 Å². The molecule has 30 heavy (non-hydrogen) atoms. The third-order valence-corrected chi connectivity index (χ3v) is 6.59. The van der Waals surface area contributed by atoms with Crippen LogP contribution in [0.1, 0.15) is 86.5 Å². The smallest absolute Gasteiger partial charge is 0.247 e. The summed E-state index contributed by atoms with van der Waals surface area (Å²) in [5, 5.41) is 3.14. The minimum absolute atomic E-state index is 0.00629. The average Bonchev–Trinajstić information content (AvgIpc) is 2.73. The summed E-state index contributed by atoms with van der Waals surface area (Å²) in [5.41, 5.74) is 0. The molecule has 6 heteroatoms. The predicted molar refractivity (Wildman–Crippen MR) is 123 cm³/mol. The summed E-state index contributed by atoms with van der Waals surface area (Å²) in [7, 11) is 2.00. The van der Waals surface area contributed by atoms with Crippen molar-refractivity contribution in [3.8, 4) is 0 Å². The van der Waals surface area contributed by atoms with Gasteiger partial charge in [0.2, 0.25) is 11.8 Å². The van der Waals surface area contributed by atoms with E-state index in [4.69, 9.17) is 4.74 Å². The molecular weight excluding hydrogens is 378 g/mol. The molecule has 1 N–H and O–H groups in total. The van der Waals surface area contributed by atoms with Gasteiger partial charge in [-0.05, 0) is 51.1 Å². The molecule has 4 atom stereocenters. The molecule has 0 spiro atoms. The summed E-state index contributed by atoms with van der Waals surface area (Å²) in [6, 6.07) is -0.556. The number of ether oxygens (including phenoxy) is 1. The van der Waals surface area contributed by atoms with Crippen molar-refractivity contribution in [1.29, 1.82) is 0 Å². The molecule has 0 aromatic heterocycles. The van der Waals surface area contributed by atoms with Crippen molar-refractivity contribution in [2.45, 2.75) is 105 Å². The summed E-state index contributed by atoms with van der Waals surface area (Å²) in [6.45, 7) is 14.6. The van der Waals surface area contributed by atoms with Crippen LogP contribution < -0.4 is 5.32 Å². The number of carbonyl (C=O) groups is 2. The highest BCUT2D eigenvalue weighted by molar-refractivity contribution is 5.90. The molecule has 176 valence electrons. The molecule has 1 saturated heterocycles. The molecular formula is C24H47N3O3. The fraction of sp³-hybridized carbons (Fsp3) is 0.917. The zero-order valence-corrected chi connectivity index (χ0v) is 20.6. The van der Waals surface area contributed by atoms with Gasteiger partial charge in [0.25, 0.3) is 0 Å². The molecule has 1 aliphatic rings. The molecule has 1 aliphatic heterocycles. The maximum atomic E-state index is 13.7. The number of unbranched alkanes of at least 4 members (excludes halogenated alkanes) is 1. The lowest BCUT2D eigenvalue weighted by atomic mass is 9.93.